The molecule has 2 atom stereocenters. The summed E-state index contributed by atoms with van der Waals surface area (Å²) >= 11 is 0. The maximum atomic E-state index is 11.8. The van der Waals surface area contributed by atoms with Gasteiger partial charge in [0.05, 0.1) is 6.33 Å². The van der Waals surface area contributed by atoms with Crippen molar-refractivity contribution in [2.24, 2.45) is 5.73 Å². The minimum Gasteiger partial charge on any atom is -0.398 e. The van der Waals surface area contributed by atoms with Gasteiger partial charge in [-0.25, -0.2) is 4.98 Å². The van der Waals surface area contributed by atoms with Crippen molar-refractivity contribution < 1.29 is 0 Å². The molecule has 0 saturated heterocycles. The number of anilines is 4. The minimum atomic E-state index is -0.294. The molecule has 0 aliphatic heterocycles. The molecule has 0 amide bonds. The van der Waals surface area contributed by atoms with Gasteiger partial charge >= 0.3 is 0 Å². The lowest BCUT2D eigenvalue weighted by molar-refractivity contribution is 0.402. The highest BCUT2D eigenvalue weighted by Gasteiger charge is 2.23. The Morgan fingerprint density at radius 3 is 2.76 bits per heavy atom. The molecule has 7 N–H and O–H groups in total. The molecule has 0 radical (unpaired) electrons. The van der Waals surface area contributed by atoms with Crippen LogP contribution in [0.2, 0.25) is 0 Å². The Morgan fingerprint density at radius 2 is 2.03 bits per heavy atom. The first-order chi connectivity index (χ1) is 13.9. The second-order valence-corrected chi connectivity index (χ2v) is 7.83. The van der Waals surface area contributed by atoms with Crippen molar-refractivity contribution in [2.45, 2.75) is 57.7 Å². The van der Waals surface area contributed by atoms with Gasteiger partial charge in [-0.05, 0) is 26.7 Å². The Labute approximate surface area is 168 Å². The number of imidazole rings is 1. The molecule has 154 valence electrons. The van der Waals surface area contributed by atoms with E-state index in [0.717, 1.165) is 25.7 Å². The lowest BCUT2D eigenvalue weighted by Crippen LogP contribution is -2.43. The summed E-state index contributed by atoms with van der Waals surface area (Å²) in [6, 6.07) is 3.33. The first-order valence-electron chi connectivity index (χ1n) is 9.94. The van der Waals surface area contributed by atoms with Crippen LogP contribution >= 0.6 is 0 Å². The molecule has 3 aromatic heterocycles. The maximum absolute atomic E-state index is 11.8. The van der Waals surface area contributed by atoms with E-state index in [-0.39, 0.29) is 23.7 Å². The fourth-order valence-electron chi connectivity index (χ4n) is 3.71. The molecule has 0 unspecified atom stereocenters. The molecule has 1 saturated carbocycles. The van der Waals surface area contributed by atoms with Gasteiger partial charge < -0.3 is 31.7 Å². The predicted octanol–water partition coefficient (Wildman–Crippen LogP) is 2.10. The fraction of sp³-hybridized carbons (Fsp3) is 0.474. The summed E-state index contributed by atoms with van der Waals surface area (Å²) in [5, 5.41) is 6.54. The van der Waals surface area contributed by atoms with Crippen molar-refractivity contribution in [3.63, 3.8) is 0 Å². The topological polar surface area (TPSA) is 153 Å². The SMILES string of the molecule is CC(C)n1cnc2c(Nc3cc(N)cc(=O)[nH]3)nc(N[C@H]3CCCC[C@@H]3N)nc21. The van der Waals surface area contributed by atoms with Gasteiger partial charge in [0.2, 0.25) is 5.95 Å². The van der Waals surface area contributed by atoms with Crippen LogP contribution in [0.25, 0.3) is 11.2 Å². The van der Waals surface area contributed by atoms with Crippen LogP contribution in [-0.4, -0.2) is 36.6 Å². The zero-order chi connectivity index (χ0) is 20.5. The van der Waals surface area contributed by atoms with Crippen LogP contribution in [0.5, 0.6) is 0 Å². The third kappa shape index (κ3) is 4.02. The highest BCUT2D eigenvalue weighted by molar-refractivity contribution is 5.86. The molecule has 0 spiro atoms. The van der Waals surface area contributed by atoms with Crippen LogP contribution in [-0.2, 0) is 0 Å². The van der Waals surface area contributed by atoms with Crippen molar-refractivity contribution in [1.82, 2.24) is 24.5 Å². The first-order valence-corrected chi connectivity index (χ1v) is 9.94. The van der Waals surface area contributed by atoms with E-state index in [1.54, 1.807) is 12.4 Å². The van der Waals surface area contributed by atoms with Gasteiger partial charge in [0.1, 0.15) is 5.82 Å². The van der Waals surface area contributed by atoms with Gasteiger partial charge in [0, 0.05) is 35.9 Å². The third-order valence-corrected chi connectivity index (χ3v) is 5.23. The molecule has 1 aliphatic rings. The quantitative estimate of drug-likeness (QED) is 0.439. The summed E-state index contributed by atoms with van der Waals surface area (Å²) in [6.07, 6.45) is 5.99. The molecule has 1 fully saturated rings. The number of pyridine rings is 1. The number of nitrogens with two attached hydrogens (primary N) is 2. The summed E-state index contributed by atoms with van der Waals surface area (Å²) in [4.78, 5) is 28.3. The van der Waals surface area contributed by atoms with Gasteiger partial charge in [-0.3, -0.25) is 4.79 Å². The number of aromatic amines is 1. The number of nitrogens with one attached hydrogen (secondary N) is 3. The van der Waals surface area contributed by atoms with E-state index in [0.29, 0.717) is 34.4 Å². The second-order valence-electron chi connectivity index (χ2n) is 7.83. The van der Waals surface area contributed by atoms with Crippen LogP contribution in [0.1, 0.15) is 45.6 Å². The van der Waals surface area contributed by atoms with E-state index in [4.69, 9.17) is 16.5 Å². The zero-order valence-electron chi connectivity index (χ0n) is 16.6. The van der Waals surface area contributed by atoms with Crippen LogP contribution in [0.3, 0.4) is 0 Å². The van der Waals surface area contributed by atoms with Crippen LogP contribution in [0, 0.1) is 0 Å². The maximum Gasteiger partial charge on any atom is 0.251 e. The molecular formula is C19H27N9O. The van der Waals surface area contributed by atoms with E-state index < -0.39 is 0 Å². The fourth-order valence-corrected chi connectivity index (χ4v) is 3.71. The molecule has 4 rings (SSSR count). The summed E-state index contributed by atoms with van der Waals surface area (Å²) in [5.74, 6) is 1.41. The van der Waals surface area contributed by atoms with Crippen LogP contribution < -0.4 is 27.7 Å². The summed E-state index contributed by atoms with van der Waals surface area (Å²) in [7, 11) is 0. The average molecular weight is 397 g/mol. The number of hydrogen-bond acceptors (Lipinski definition) is 8. The smallest absolute Gasteiger partial charge is 0.251 e. The van der Waals surface area contributed by atoms with Crippen molar-refractivity contribution in [3.05, 3.63) is 28.8 Å². The lowest BCUT2D eigenvalue weighted by atomic mass is 9.91. The normalized spacial score (nSPS) is 19.6. The Kier molecular flexibility index (Phi) is 5.10. The monoisotopic (exact) mass is 397 g/mol. The largest absolute Gasteiger partial charge is 0.398 e. The zero-order valence-corrected chi connectivity index (χ0v) is 16.6. The van der Waals surface area contributed by atoms with Gasteiger partial charge in [0.25, 0.3) is 5.56 Å². The summed E-state index contributed by atoms with van der Waals surface area (Å²) in [6.45, 7) is 4.13. The molecule has 29 heavy (non-hydrogen) atoms. The standard InChI is InChI=1S/C19H27N9O/c1-10(2)28-9-22-16-17(25-14-7-11(20)8-15(29)24-14)26-19(27-18(16)28)23-13-6-4-3-5-12(13)21/h7-10,12-13H,3-6,21H2,1-2H3,(H5,20,23,24,25,26,27,29)/t12-,13-/m0/s1. The number of nitrogen functional groups attached to an aromatic ring is 1. The van der Waals surface area contributed by atoms with E-state index in [1.807, 2.05) is 4.57 Å². The molecule has 10 heteroatoms. The molecule has 1 aliphatic carbocycles. The number of aromatic nitrogens is 5. The Hall–Kier alpha value is -3.14. The molecule has 0 bridgehead atoms. The van der Waals surface area contributed by atoms with Crippen molar-refractivity contribution >= 4 is 34.4 Å². The number of hydrogen-bond donors (Lipinski definition) is 5. The number of nitrogens with zero attached hydrogens (tertiary/aromatic N) is 4. The lowest BCUT2D eigenvalue weighted by Gasteiger charge is -2.29. The van der Waals surface area contributed by atoms with Gasteiger partial charge in [-0.1, -0.05) is 12.8 Å². The molecular weight excluding hydrogens is 370 g/mol. The summed E-state index contributed by atoms with van der Waals surface area (Å²) in [5.41, 5.74) is 13.5. The Morgan fingerprint density at radius 1 is 1.24 bits per heavy atom. The molecule has 3 heterocycles. The van der Waals surface area contributed by atoms with E-state index >= 15 is 0 Å². The molecule has 10 nitrogen and oxygen atoms in total. The van der Waals surface area contributed by atoms with Gasteiger partial charge in [-0.2, -0.15) is 9.97 Å². The third-order valence-electron chi connectivity index (χ3n) is 5.23. The molecule has 0 aromatic carbocycles. The van der Waals surface area contributed by atoms with E-state index in [1.165, 1.54) is 6.07 Å². The number of rotatable bonds is 5. The van der Waals surface area contributed by atoms with Crippen LogP contribution in [0.15, 0.2) is 23.3 Å². The van der Waals surface area contributed by atoms with Crippen molar-refractivity contribution in [3.8, 4) is 0 Å². The predicted molar refractivity (Wildman–Crippen MR) is 114 cm³/mol. The van der Waals surface area contributed by atoms with Crippen molar-refractivity contribution in [1.29, 1.82) is 0 Å². The average Bonchev–Trinajstić information content (AvgIpc) is 3.07. The van der Waals surface area contributed by atoms with E-state index in [2.05, 4.69) is 39.4 Å². The van der Waals surface area contributed by atoms with E-state index in [9.17, 15) is 4.79 Å². The number of fused-ring (bicyclic) bond motifs is 1. The van der Waals surface area contributed by atoms with Crippen LogP contribution in [0.4, 0.5) is 23.3 Å². The molecule has 3 aromatic rings. The van der Waals surface area contributed by atoms with Crippen molar-refractivity contribution in [2.75, 3.05) is 16.4 Å². The van der Waals surface area contributed by atoms with Gasteiger partial charge in [0.15, 0.2) is 17.0 Å². The minimum absolute atomic E-state index is 0.0692. The first kappa shape index (κ1) is 19.2. The Bertz CT molecular complexity index is 1070. The highest BCUT2D eigenvalue weighted by atomic mass is 16.1. The number of H-pyrrole nitrogens is 1. The van der Waals surface area contributed by atoms with Gasteiger partial charge in [-0.15, -0.1) is 0 Å². The Balaban J connectivity index is 1.76. The summed E-state index contributed by atoms with van der Waals surface area (Å²) < 4.78 is 1.98. The second kappa shape index (κ2) is 7.70. The highest BCUT2D eigenvalue weighted by Crippen LogP contribution is 2.27.